The third kappa shape index (κ3) is 4.14. The Bertz CT molecular complexity index is 2560. The van der Waals surface area contributed by atoms with Crippen LogP contribution in [-0.4, -0.2) is 10.5 Å². The average Bonchev–Trinajstić information content (AvgIpc) is 3.77. The van der Waals surface area contributed by atoms with Crippen LogP contribution in [0.3, 0.4) is 0 Å². The highest BCUT2D eigenvalue weighted by Crippen LogP contribution is 2.58. The number of hydrogen-bond donors (Lipinski definition) is 1. The Balaban J connectivity index is 1.05. The van der Waals surface area contributed by atoms with E-state index in [1.807, 2.05) is 17.8 Å². The molecule has 0 fully saturated rings. The van der Waals surface area contributed by atoms with Crippen LogP contribution in [0.25, 0.3) is 55.5 Å². The molecule has 1 N–H and O–H groups in total. The first kappa shape index (κ1) is 28.2. The third-order valence-electron chi connectivity index (χ3n) is 10.4. The molecule has 4 nitrogen and oxygen atoms in total. The second kappa shape index (κ2) is 10.3. The number of para-hydroxylation sites is 1. The normalized spacial score (nSPS) is 15.9. The summed E-state index contributed by atoms with van der Waals surface area (Å²) in [5, 5.41) is 14.5. The summed E-state index contributed by atoms with van der Waals surface area (Å²) in [4.78, 5) is 8.93. The molecule has 7 aromatic rings. The number of anilines is 3. The molecule has 3 aliphatic rings. The number of aromatic nitrogens is 1. The van der Waals surface area contributed by atoms with Crippen molar-refractivity contribution < 1.29 is 0 Å². The molecule has 0 bridgehead atoms. The van der Waals surface area contributed by atoms with Crippen molar-refractivity contribution in [2.24, 2.45) is 0 Å². The molecule has 1 unspecified atom stereocenters. The molecule has 0 amide bonds. The van der Waals surface area contributed by atoms with Gasteiger partial charge >= 0.3 is 0 Å². The van der Waals surface area contributed by atoms with Crippen molar-refractivity contribution in [1.29, 1.82) is 5.26 Å². The van der Waals surface area contributed by atoms with Crippen LogP contribution in [0.2, 0.25) is 0 Å². The van der Waals surface area contributed by atoms with Crippen LogP contribution < -0.4 is 10.2 Å². The Morgan fingerprint density at radius 1 is 0.694 bits per heavy atom. The predicted molar refractivity (Wildman–Crippen MR) is 202 cm³/mol. The second-order valence-corrected chi connectivity index (χ2v) is 14.7. The highest BCUT2D eigenvalue weighted by Gasteiger charge is 2.41. The Morgan fingerprint density at radius 2 is 1.37 bits per heavy atom. The minimum Gasteiger partial charge on any atom is -0.354 e. The zero-order chi connectivity index (χ0) is 32.9. The van der Waals surface area contributed by atoms with E-state index in [1.54, 1.807) is 0 Å². The van der Waals surface area contributed by atoms with Gasteiger partial charge in [-0.15, -0.1) is 0 Å². The molecular weight excluding hydrogens is 617 g/mol. The molecule has 6 aromatic carbocycles. The summed E-state index contributed by atoms with van der Waals surface area (Å²) in [5.74, 6) is 0. The minimum atomic E-state index is -0.182. The first-order chi connectivity index (χ1) is 24.0. The van der Waals surface area contributed by atoms with Crippen LogP contribution in [0.1, 0.15) is 30.5 Å². The Kier molecular flexibility index (Phi) is 5.95. The van der Waals surface area contributed by atoms with Crippen LogP contribution in [0.15, 0.2) is 138 Å². The van der Waals surface area contributed by atoms with E-state index >= 15 is 0 Å². The van der Waals surface area contributed by atoms with Crippen LogP contribution in [-0.2, 0) is 5.41 Å². The lowest BCUT2D eigenvalue weighted by molar-refractivity contribution is 0.660. The monoisotopic (exact) mass is 646 g/mol. The SMILES string of the molecule is CC1(C)c2cc(C#N)ccc2-c2ccc(-c3cccc(-c4ccc5c(c4)N4c6c(-c7ccccc7)nc7ccccc7c6NC4S5)c3)cc21. The van der Waals surface area contributed by atoms with Crippen molar-refractivity contribution in [2.45, 2.75) is 29.7 Å². The molecular formula is C44H30N4S. The summed E-state index contributed by atoms with van der Waals surface area (Å²) in [7, 11) is 0. The molecule has 2 aliphatic heterocycles. The van der Waals surface area contributed by atoms with E-state index < -0.39 is 0 Å². The van der Waals surface area contributed by atoms with Gasteiger partial charge in [0.1, 0.15) is 0 Å². The van der Waals surface area contributed by atoms with E-state index in [0.717, 1.165) is 33.5 Å². The Morgan fingerprint density at radius 3 is 2.18 bits per heavy atom. The van der Waals surface area contributed by atoms with E-state index in [-0.39, 0.29) is 10.9 Å². The molecule has 0 spiro atoms. The van der Waals surface area contributed by atoms with E-state index in [9.17, 15) is 5.26 Å². The third-order valence-corrected chi connectivity index (χ3v) is 11.6. The van der Waals surface area contributed by atoms with Gasteiger partial charge in [-0.25, -0.2) is 4.98 Å². The molecule has 0 saturated heterocycles. The maximum Gasteiger partial charge on any atom is 0.157 e. The van der Waals surface area contributed by atoms with Crippen molar-refractivity contribution in [3.63, 3.8) is 0 Å². The van der Waals surface area contributed by atoms with Gasteiger partial charge in [-0.1, -0.05) is 117 Å². The van der Waals surface area contributed by atoms with Crippen molar-refractivity contribution in [1.82, 2.24) is 4.98 Å². The van der Waals surface area contributed by atoms with Crippen LogP contribution in [0, 0.1) is 11.3 Å². The van der Waals surface area contributed by atoms with Gasteiger partial charge in [0.05, 0.1) is 39.9 Å². The maximum atomic E-state index is 9.55. The summed E-state index contributed by atoms with van der Waals surface area (Å²) in [6.45, 7) is 4.53. The van der Waals surface area contributed by atoms with Gasteiger partial charge in [-0.3, -0.25) is 0 Å². The standard InChI is InChI=1S/C44H30N4S/c1-44(2)35-21-26(25-45)15-18-32(35)33-19-16-30(23-36(33)44)28-11-8-12-29(22-28)31-17-20-39-38(24-31)48-42-40(27-9-4-3-5-10-27)46-37-14-7-6-13-34(37)41(42)47-43(48)49-39/h3-24,43,47H,1-2H3. The van der Waals surface area contributed by atoms with Gasteiger partial charge in [-0.05, 0) is 87.0 Å². The quantitative estimate of drug-likeness (QED) is 0.207. The molecule has 232 valence electrons. The van der Waals surface area contributed by atoms with E-state index in [0.29, 0.717) is 5.56 Å². The lowest BCUT2D eigenvalue weighted by Gasteiger charge is -2.22. The molecule has 5 heteroatoms. The number of thioether (sulfide) groups is 1. The number of nitrogens with zero attached hydrogens (tertiary/aromatic N) is 3. The number of pyridine rings is 1. The summed E-state index contributed by atoms with van der Waals surface area (Å²) < 4.78 is 0. The van der Waals surface area contributed by atoms with Gasteiger partial charge in [0.25, 0.3) is 0 Å². The Labute approximate surface area is 289 Å². The number of nitrogens with one attached hydrogen (secondary N) is 1. The second-order valence-electron chi connectivity index (χ2n) is 13.6. The number of benzene rings is 6. The van der Waals surface area contributed by atoms with Crippen molar-refractivity contribution >= 4 is 39.7 Å². The lowest BCUT2D eigenvalue weighted by atomic mass is 9.81. The summed E-state index contributed by atoms with van der Waals surface area (Å²) >= 11 is 1.86. The highest BCUT2D eigenvalue weighted by molar-refractivity contribution is 8.00. The average molecular weight is 647 g/mol. The first-order valence-electron chi connectivity index (χ1n) is 16.6. The molecule has 10 rings (SSSR count). The number of nitriles is 1. The number of hydrogen-bond acceptors (Lipinski definition) is 5. The summed E-state index contributed by atoms with van der Waals surface area (Å²) in [5.41, 5.74) is 16.9. The zero-order valence-electron chi connectivity index (χ0n) is 27.0. The zero-order valence-corrected chi connectivity index (χ0v) is 27.8. The van der Waals surface area contributed by atoms with Gasteiger partial charge in [0.2, 0.25) is 0 Å². The van der Waals surface area contributed by atoms with Crippen LogP contribution in [0.5, 0.6) is 0 Å². The lowest BCUT2D eigenvalue weighted by Crippen LogP contribution is -2.24. The molecule has 0 saturated carbocycles. The molecule has 3 heterocycles. The van der Waals surface area contributed by atoms with E-state index in [2.05, 4.69) is 158 Å². The maximum absolute atomic E-state index is 9.55. The van der Waals surface area contributed by atoms with Crippen LogP contribution in [0.4, 0.5) is 17.1 Å². The highest BCUT2D eigenvalue weighted by atomic mass is 32.2. The molecule has 0 radical (unpaired) electrons. The van der Waals surface area contributed by atoms with Gasteiger partial charge < -0.3 is 10.2 Å². The smallest absolute Gasteiger partial charge is 0.157 e. The molecule has 49 heavy (non-hydrogen) atoms. The van der Waals surface area contributed by atoms with E-state index in [4.69, 9.17) is 4.98 Å². The Hall–Kier alpha value is -5.83. The summed E-state index contributed by atoms with van der Waals surface area (Å²) in [6, 6.07) is 50.0. The topological polar surface area (TPSA) is 52.0 Å². The van der Waals surface area contributed by atoms with Crippen molar-refractivity contribution in [3.8, 4) is 50.7 Å². The molecule has 1 aliphatic carbocycles. The van der Waals surface area contributed by atoms with Gasteiger partial charge in [-0.2, -0.15) is 5.26 Å². The van der Waals surface area contributed by atoms with Crippen LogP contribution >= 0.6 is 11.8 Å². The fourth-order valence-electron chi connectivity index (χ4n) is 7.98. The van der Waals surface area contributed by atoms with Crippen molar-refractivity contribution in [2.75, 3.05) is 10.2 Å². The van der Waals surface area contributed by atoms with Gasteiger partial charge in [0.15, 0.2) is 5.50 Å². The number of rotatable bonds is 3. The number of fused-ring (bicyclic) bond motifs is 10. The molecule has 1 aromatic heterocycles. The largest absolute Gasteiger partial charge is 0.354 e. The fourth-order valence-corrected chi connectivity index (χ4v) is 9.15. The van der Waals surface area contributed by atoms with Gasteiger partial charge in [0, 0.05) is 21.3 Å². The molecule has 1 atom stereocenters. The summed E-state index contributed by atoms with van der Waals surface area (Å²) in [6.07, 6.45) is 0. The first-order valence-corrected chi connectivity index (χ1v) is 17.5. The van der Waals surface area contributed by atoms with Crippen molar-refractivity contribution in [3.05, 3.63) is 150 Å². The fraction of sp³-hybridized carbons (Fsp3) is 0.0909. The van der Waals surface area contributed by atoms with E-state index in [1.165, 1.54) is 55.1 Å². The predicted octanol–water partition coefficient (Wildman–Crippen LogP) is 11.4. The minimum absolute atomic E-state index is 0.0600.